The standard InChI is InChI=1S/C15H9ClN2O2/c16-11-5-3-6-12(8-11)20-15(19)14-17-9-10-4-1-2-7-13(10)18-14/h1-9H. The number of carbonyl (C=O) groups excluding carboxylic acids is 1. The zero-order chi connectivity index (χ0) is 13.9. The number of para-hydroxylation sites is 1. The molecule has 0 radical (unpaired) electrons. The Labute approximate surface area is 120 Å². The molecule has 5 heteroatoms. The Balaban J connectivity index is 1.88. The van der Waals surface area contributed by atoms with Crippen molar-refractivity contribution in [1.82, 2.24) is 9.97 Å². The SMILES string of the molecule is O=C(Oc1cccc(Cl)c1)c1ncc2ccccc2n1. The van der Waals surface area contributed by atoms with E-state index in [4.69, 9.17) is 16.3 Å². The largest absolute Gasteiger partial charge is 0.421 e. The first-order chi connectivity index (χ1) is 9.72. The normalized spacial score (nSPS) is 10.4. The molecule has 3 aromatic rings. The molecule has 0 N–H and O–H groups in total. The topological polar surface area (TPSA) is 52.1 Å². The first kappa shape index (κ1) is 12.6. The Morgan fingerprint density at radius 1 is 1.10 bits per heavy atom. The predicted octanol–water partition coefficient (Wildman–Crippen LogP) is 3.50. The second-order valence-corrected chi connectivity index (χ2v) is 4.54. The molecule has 0 unspecified atom stereocenters. The van der Waals surface area contributed by atoms with Gasteiger partial charge in [-0.15, -0.1) is 0 Å². The molecule has 0 bridgehead atoms. The van der Waals surface area contributed by atoms with Gasteiger partial charge in [-0.25, -0.2) is 14.8 Å². The average molecular weight is 285 g/mol. The summed E-state index contributed by atoms with van der Waals surface area (Å²) in [5.41, 5.74) is 0.695. The van der Waals surface area contributed by atoms with Gasteiger partial charge in [0, 0.05) is 16.6 Å². The van der Waals surface area contributed by atoms with Gasteiger partial charge >= 0.3 is 5.97 Å². The molecule has 0 amide bonds. The van der Waals surface area contributed by atoms with E-state index in [0.717, 1.165) is 5.39 Å². The number of fused-ring (bicyclic) bond motifs is 1. The molecule has 0 atom stereocenters. The van der Waals surface area contributed by atoms with Crippen LogP contribution in [0, 0.1) is 0 Å². The number of ether oxygens (including phenoxy) is 1. The predicted molar refractivity (Wildman–Crippen MR) is 75.9 cm³/mol. The first-order valence-electron chi connectivity index (χ1n) is 5.92. The molecule has 0 fully saturated rings. The van der Waals surface area contributed by atoms with E-state index in [1.165, 1.54) is 0 Å². The number of carbonyl (C=O) groups is 1. The number of esters is 1. The van der Waals surface area contributed by atoms with E-state index in [-0.39, 0.29) is 5.82 Å². The third kappa shape index (κ3) is 2.60. The van der Waals surface area contributed by atoms with Crippen LogP contribution in [-0.4, -0.2) is 15.9 Å². The van der Waals surface area contributed by atoms with Crippen molar-refractivity contribution in [2.75, 3.05) is 0 Å². The van der Waals surface area contributed by atoms with E-state index >= 15 is 0 Å². The number of nitrogens with zero attached hydrogens (tertiary/aromatic N) is 2. The van der Waals surface area contributed by atoms with E-state index in [0.29, 0.717) is 16.3 Å². The van der Waals surface area contributed by atoms with Gasteiger partial charge in [0.1, 0.15) is 5.75 Å². The average Bonchev–Trinajstić information content (AvgIpc) is 2.47. The molecule has 3 rings (SSSR count). The second-order valence-electron chi connectivity index (χ2n) is 4.10. The van der Waals surface area contributed by atoms with Crippen LogP contribution in [0.2, 0.25) is 5.02 Å². The van der Waals surface area contributed by atoms with Crippen molar-refractivity contribution >= 4 is 28.5 Å². The molecule has 0 aliphatic rings. The molecular formula is C15H9ClN2O2. The lowest BCUT2D eigenvalue weighted by atomic mass is 10.2. The fraction of sp³-hybridized carbons (Fsp3) is 0. The summed E-state index contributed by atoms with van der Waals surface area (Å²) in [6.45, 7) is 0. The highest BCUT2D eigenvalue weighted by Crippen LogP contribution is 2.18. The number of hydrogen-bond acceptors (Lipinski definition) is 4. The van der Waals surface area contributed by atoms with Gasteiger partial charge in [-0.1, -0.05) is 35.9 Å². The third-order valence-electron chi connectivity index (χ3n) is 2.68. The lowest BCUT2D eigenvalue weighted by Crippen LogP contribution is -2.12. The number of aromatic nitrogens is 2. The summed E-state index contributed by atoms with van der Waals surface area (Å²) < 4.78 is 5.18. The summed E-state index contributed by atoms with van der Waals surface area (Å²) in [6, 6.07) is 14.0. The van der Waals surface area contributed by atoms with Crippen molar-refractivity contribution in [3.05, 3.63) is 65.6 Å². The zero-order valence-electron chi connectivity index (χ0n) is 10.3. The summed E-state index contributed by atoms with van der Waals surface area (Å²) in [7, 11) is 0. The minimum Gasteiger partial charge on any atom is -0.421 e. The minimum atomic E-state index is -0.613. The van der Waals surface area contributed by atoms with Crippen molar-refractivity contribution in [1.29, 1.82) is 0 Å². The Hall–Kier alpha value is -2.46. The number of benzene rings is 2. The summed E-state index contributed by atoms with van der Waals surface area (Å²) in [5.74, 6) is -0.235. The molecular weight excluding hydrogens is 276 g/mol. The highest BCUT2D eigenvalue weighted by atomic mass is 35.5. The van der Waals surface area contributed by atoms with Crippen LogP contribution in [0.4, 0.5) is 0 Å². The van der Waals surface area contributed by atoms with E-state index in [1.54, 1.807) is 30.5 Å². The van der Waals surface area contributed by atoms with Crippen LogP contribution in [0.5, 0.6) is 5.75 Å². The summed E-state index contributed by atoms with van der Waals surface area (Å²) in [6.07, 6.45) is 1.59. The monoisotopic (exact) mass is 284 g/mol. The van der Waals surface area contributed by atoms with Gasteiger partial charge in [0.25, 0.3) is 0 Å². The van der Waals surface area contributed by atoms with E-state index < -0.39 is 5.97 Å². The van der Waals surface area contributed by atoms with Crippen LogP contribution in [0.1, 0.15) is 10.6 Å². The molecule has 1 aromatic heterocycles. The summed E-state index contributed by atoms with van der Waals surface area (Å²) in [5, 5.41) is 1.36. The molecule has 0 saturated carbocycles. The molecule has 2 aromatic carbocycles. The lowest BCUT2D eigenvalue weighted by molar-refractivity contribution is 0.0722. The highest BCUT2D eigenvalue weighted by molar-refractivity contribution is 6.30. The van der Waals surface area contributed by atoms with Gasteiger partial charge in [0.15, 0.2) is 0 Å². The lowest BCUT2D eigenvalue weighted by Gasteiger charge is -2.04. The van der Waals surface area contributed by atoms with Crippen LogP contribution in [0.3, 0.4) is 0 Å². The smallest absolute Gasteiger partial charge is 0.381 e. The fourth-order valence-electron chi connectivity index (χ4n) is 1.75. The van der Waals surface area contributed by atoms with Crippen LogP contribution in [0.25, 0.3) is 10.9 Å². The van der Waals surface area contributed by atoms with Crippen molar-refractivity contribution in [3.63, 3.8) is 0 Å². The maximum atomic E-state index is 12.0. The highest BCUT2D eigenvalue weighted by Gasteiger charge is 2.12. The van der Waals surface area contributed by atoms with Crippen molar-refractivity contribution in [3.8, 4) is 5.75 Å². The second kappa shape index (κ2) is 5.27. The maximum absolute atomic E-state index is 12.0. The van der Waals surface area contributed by atoms with Gasteiger partial charge in [0.2, 0.25) is 5.82 Å². The molecule has 0 saturated heterocycles. The Kier molecular flexibility index (Phi) is 3.31. The van der Waals surface area contributed by atoms with Crippen molar-refractivity contribution < 1.29 is 9.53 Å². The Bertz CT molecular complexity index is 789. The van der Waals surface area contributed by atoms with E-state index in [1.807, 2.05) is 24.3 Å². The molecule has 0 spiro atoms. The Morgan fingerprint density at radius 2 is 1.95 bits per heavy atom. The van der Waals surface area contributed by atoms with Gasteiger partial charge in [-0.2, -0.15) is 0 Å². The van der Waals surface area contributed by atoms with Crippen LogP contribution in [0.15, 0.2) is 54.7 Å². The van der Waals surface area contributed by atoms with Crippen LogP contribution < -0.4 is 4.74 Å². The Morgan fingerprint density at radius 3 is 2.80 bits per heavy atom. The molecule has 1 heterocycles. The maximum Gasteiger partial charge on any atom is 0.381 e. The molecule has 98 valence electrons. The molecule has 0 aliphatic carbocycles. The van der Waals surface area contributed by atoms with Gasteiger partial charge in [0.05, 0.1) is 5.52 Å². The summed E-state index contributed by atoms with van der Waals surface area (Å²) >= 11 is 5.83. The van der Waals surface area contributed by atoms with E-state index in [2.05, 4.69) is 9.97 Å². The van der Waals surface area contributed by atoms with Gasteiger partial charge in [-0.3, -0.25) is 0 Å². The number of halogens is 1. The third-order valence-corrected chi connectivity index (χ3v) is 2.91. The fourth-order valence-corrected chi connectivity index (χ4v) is 1.93. The summed E-state index contributed by atoms with van der Waals surface area (Å²) in [4.78, 5) is 20.2. The van der Waals surface area contributed by atoms with Crippen LogP contribution >= 0.6 is 11.6 Å². The first-order valence-corrected chi connectivity index (χ1v) is 6.30. The minimum absolute atomic E-state index is 0.0173. The van der Waals surface area contributed by atoms with E-state index in [9.17, 15) is 4.79 Å². The van der Waals surface area contributed by atoms with Gasteiger partial charge < -0.3 is 4.74 Å². The molecule has 0 aliphatic heterocycles. The molecule has 4 nitrogen and oxygen atoms in total. The van der Waals surface area contributed by atoms with Gasteiger partial charge in [-0.05, 0) is 24.3 Å². The van der Waals surface area contributed by atoms with Crippen molar-refractivity contribution in [2.24, 2.45) is 0 Å². The van der Waals surface area contributed by atoms with Crippen molar-refractivity contribution in [2.45, 2.75) is 0 Å². The van der Waals surface area contributed by atoms with Crippen LogP contribution in [-0.2, 0) is 0 Å². The quantitative estimate of drug-likeness (QED) is 0.534. The number of hydrogen-bond donors (Lipinski definition) is 0. The zero-order valence-corrected chi connectivity index (χ0v) is 11.0. The molecule has 20 heavy (non-hydrogen) atoms. The number of rotatable bonds is 2.